The van der Waals surface area contributed by atoms with Crippen molar-refractivity contribution in [1.29, 1.82) is 0 Å². The third-order valence-electron chi connectivity index (χ3n) is 5.01. The predicted octanol–water partition coefficient (Wildman–Crippen LogP) is 6.74. The first kappa shape index (κ1) is 20.8. The third kappa shape index (κ3) is 5.17. The average Bonchev–Trinajstić information content (AvgIpc) is 3.22. The lowest BCUT2D eigenvalue weighted by atomic mass is 10.1. The van der Waals surface area contributed by atoms with E-state index in [-0.39, 0.29) is 5.82 Å². The molecule has 4 aromatic rings. The molecule has 2 heterocycles. The number of rotatable bonds is 8. The molecule has 0 aliphatic heterocycles. The first-order valence-electron chi connectivity index (χ1n) is 9.95. The number of pyridine rings is 1. The molecule has 0 fully saturated rings. The molecule has 0 radical (unpaired) electrons. The van der Waals surface area contributed by atoms with Gasteiger partial charge < -0.3 is 10.6 Å². The lowest BCUT2D eigenvalue weighted by molar-refractivity contribution is 0.528. The van der Waals surface area contributed by atoms with Gasteiger partial charge in [-0.05, 0) is 67.4 Å². The van der Waals surface area contributed by atoms with Crippen LogP contribution in [0.2, 0.25) is 5.02 Å². The van der Waals surface area contributed by atoms with Crippen LogP contribution in [0.3, 0.4) is 0 Å². The van der Waals surface area contributed by atoms with Crippen LogP contribution >= 0.6 is 22.9 Å². The molecule has 0 aliphatic carbocycles. The van der Waals surface area contributed by atoms with Gasteiger partial charge in [-0.3, -0.25) is 4.98 Å². The summed E-state index contributed by atoms with van der Waals surface area (Å²) in [5.74, 6) is -0.205. The molecule has 30 heavy (non-hydrogen) atoms. The zero-order valence-electron chi connectivity index (χ0n) is 16.7. The quantitative estimate of drug-likeness (QED) is 0.319. The Morgan fingerprint density at radius 3 is 2.73 bits per heavy atom. The van der Waals surface area contributed by atoms with Gasteiger partial charge in [0, 0.05) is 51.2 Å². The Labute approximate surface area is 184 Å². The van der Waals surface area contributed by atoms with Crippen LogP contribution in [0.25, 0.3) is 21.3 Å². The summed E-state index contributed by atoms with van der Waals surface area (Å²) in [5.41, 5.74) is 3.02. The molecule has 1 unspecified atom stereocenters. The Hall–Kier alpha value is -2.47. The summed E-state index contributed by atoms with van der Waals surface area (Å²) in [6.45, 7) is 3.88. The number of benzene rings is 2. The summed E-state index contributed by atoms with van der Waals surface area (Å²) < 4.78 is 13.1. The zero-order chi connectivity index (χ0) is 20.9. The molecule has 2 aromatic heterocycles. The van der Waals surface area contributed by atoms with Crippen molar-refractivity contribution in [3.05, 3.63) is 82.6 Å². The minimum atomic E-state index is -0.205. The van der Waals surface area contributed by atoms with Gasteiger partial charge in [-0.25, -0.2) is 4.39 Å². The molecule has 2 aromatic carbocycles. The van der Waals surface area contributed by atoms with Crippen LogP contribution in [-0.2, 0) is 6.54 Å². The monoisotopic (exact) mass is 439 g/mol. The molecule has 0 saturated carbocycles. The number of thiophene rings is 1. The van der Waals surface area contributed by atoms with Crippen LogP contribution < -0.4 is 10.6 Å². The van der Waals surface area contributed by atoms with E-state index in [1.165, 1.54) is 17.0 Å². The first-order valence-corrected chi connectivity index (χ1v) is 11.1. The van der Waals surface area contributed by atoms with Gasteiger partial charge in [0.1, 0.15) is 5.82 Å². The second kappa shape index (κ2) is 9.56. The number of aromatic nitrogens is 1. The number of fused-ring (bicyclic) bond motifs is 1. The maximum absolute atomic E-state index is 13.1. The molecule has 0 spiro atoms. The first-order chi connectivity index (χ1) is 14.6. The van der Waals surface area contributed by atoms with Gasteiger partial charge in [0.2, 0.25) is 0 Å². The fraction of sp³-hybridized carbons (Fsp3) is 0.208. The molecule has 154 valence electrons. The second-order valence-corrected chi connectivity index (χ2v) is 8.89. The largest absolute Gasteiger partial charge is 0.384 e. The fourth-order valence-corrected chi connectivity index (χ4v) is 4.45. The molecule has 0 aliphatic rings. The van der Waals surface area contributed by atoms with E-state index in [0.717, 1.165) is 46.5 Å². The zero-order valence-corrected chi connectivity index (χ0v) is 18.2. The molecule has 2 N–H and O–H groups in total. The van der Waals surface area contributed by atoms with Crippen LogP contribution in [0.15, 0.2) is 66.9 Å². The van der Waals surface area contributed by atoms with Crippen molar-refractivity contribution < 1.29 is 4.39 Å². The summed E-state index contributed by atoms with van der Waals surface area (Å²) >= 11 is 7.80. The van der Waals surface area contributed by atoms with E-state index in [2.05, 4.69) is 34.7 Å². The van der Waals surface area contributed by atoms with E-state index in [1.54, 1.807) is 17.5 Å². The minimum Gasteiger partial charge on any atom is -0.384 e. The lowest BCUT2D eigenvalue weighted by Crippen LogP contribution is -2.27. The van der Waals surface area contributed by atoms with Crippen molar-refractivity contribution in [3.8, 4) is 10.4 Å². The highest BCUT2D eigenvalue weighted by Crippen LogP contribution is 2.28. The highest BCUT2D eigenvalue weighted by atomic mass is 35.5. The molecule has 0 saturated heterocycles. The number of nitrogens with one attached hydrogen (secondary N) is 2. The van der Waals surface area contributed by atoms with Crippen molar-refractivity contribution >= 4 is 39.5 Å². The van der Waals surface area contributed by atoms with E-state index in [1.807, 2.05) is 36.4 Å². The van der Waals surface area contributed by atoms with E-state index in [4.69, 9.17) is 11.6 Å². The van der Waals surface area contributed by atoms with Gasteiger partial charge in [-0.1, -0.05) is 23.7 Å². The van der Waals surface area contributed by atoms with E-state index in [9.17, 15) is 4.39 Å². The maximum Gasteiger partial charge on any atom is 0.123 e. The van der Waals surface area contributed by atoms with Crippen molar-refractivity contribution in [2.24, 2.45) is 0 Å². The number of halogens is 2. The summed E-state index contributed by atoms with van der Waals surface area (Å²) in [4.78, 5) is 6.81. The van der Waals surface area contributed by atoms with Gasteiger partial charge in [-0.2, -0.15) is 0 Å². The number of hydrogen-bond acceptors (Lipinski definition) is 4. The van der Waals surface area contributed by atoms with Crippen molar-refractivity contribution in [2.45, 2.75) is 25.9 Å². The Kier molecular flexibility index (Phi) is 6.62. The molecular formula is C24H23ClFN3S. The van der Waals surface area contributed by atoms with Gasteiger partial charge in [0.25, 0.3) is 0 Å². The van der Waals surface area contributed by atoms with E-state index in [0.29, 0.717) is 11.1 Å². The van der Waals surface area contributed by atoms with E-state index < -0.39 is 0 Å². The van der Waals surface area contributed by atoms with E-state index >= 15 is 0 Å². The second-order valence-electron chi connectivity index (χ2n) is 7.29. The lowest BCUT2D eigenvalue weighted by Gasteiger charge is -2.15. The van der Waals surface area contributed by atoms with Gasteiger partial charge in [-0.15, -0.1) is 11.3 Å². The Bertz CT molecular complexity index is 1130. The smallest absolute Gasteiger partial charge is 0.123 e. The molecule has 4 rings (SSSR count). The Balaban J connectivity index is 1.27. The minimum absolute atomic E-state index is 0.205. The van der Waals surface area contributed by atoms with Crippen LogP contribution in [0.1, 0.15) is 18.2 Å². The van der Waals surface area contributed by atoms with Crippen LogP contribution in [0.5, 0.6) is 0 Å². The number of hydrogen-bond donors (Lipinski definition) is 2. The van der Waals surface area contributed by atoms with Gasteiger partial charge >= 0.3 is 0 Å². The fourth-order valence-electron chi connectivity index (χ4n) is 3.32. The maximum atomic E-state index is 13.1. The van der Waals surface area contributed by atoms with Crippen molar-refractivity contribution in [2.75, 3.05) is 11.9 Å². The predicted molar refractivity (Wildman–Crippen MR) is 126 cm³/mol. The summed E-state index contributed by atoms with van der Waals surface area (Å²) in [6, 6.07) is 19.0. The third-order valence-corrected chi connectivity index (χ3v) is 6.38. The standard InChI is InChI=1S/C24H23ClFN3S/c1-16(10-12-27-22-11-13-28-23-14-18(25)4-8-21(22)23)29-15-20-7-9-24(30-20)17-2-5-19(26)6-3-17/h2-9,11,13-14,16,29H,10,12,15H2,1H3,(H,27,28). The normalized spacial score (nSPS) is 12.2. The van der Waals surface area contributed by atoms with Crippen molar-refractivity contribution in [1.82, 2.24) is 10.3 Å². The SMILES string of the molecule is CC(CCNc1ccnc2cc(Cl)ccc12)NCc1ccc(-c2ccc(F)cc2)s1. The highest BCUT2D eigenvalue weighted by molar-refractivity contribution is 7.15. The molecule has 1 atom stereocenters. The molecule has 3 nitrogen and oxygen atoms in total. The van der Waals surface area contributed by atoms with Crippen LogP contribution in [0, 0.1) is 5.82 Å². The Morgan fingerprint density at radius 1 is 1.07 bits per heavy atom. The number of nitrogens with zero attached hydrogens (tertiary/aromatic N) is 1. The summed E-state index contributed by atoms with van der Waals surface area (Å²) in [5, 5.41) is 8.87. The molecular weight excluding hydrogens is 417 g/mol. The number of anilines is 1. The summed E-state index contributed by atoms with van der Waals surface area (Å²) in [6.07, 6.45) is 2.80. The topological polar surface area (TPSA) is 37.0 Å². The summed E-state index contributed by atoms with van der Waals surface area (Å²) in [7, 11) is 0. The van der Waals surface area contributed by atoms with Crippen molar-refractivity contribution in [3.63, 3.8) is 0 Å². The molecule has 0 amide bonds. The van der Waals surface area contributed by atoms with Gasteiger partial charge in [0.05, 0.1) is 5.52 Å². The Morgan fingerprint density at radius 2 is 1.90 bits per heavy atom. The van der Waals surface area contributed by atoms with Crippen LogP contribution in [-0.4, -0.2) is 17.6 Å². The molecule has 0 bridgehead atoms. The van der Waals surface area contributed by atoms with Crippen LogP contribution in [0.4, 0.5) is 10.1 Å². The molecule has 6 heteroatoms. The van der Waals surface area contributed by atoms with Gasteiger partial charge in [0.15, 0.2) is 0 Å². The highest BCUT2D eigenvalue weighted by Gasteiger charge is 2.07. The average molecular weight is 440 g/mol.